The monoisotopic (exact) mass is 550 g/mol. The van der Waals surface area contributed by atoms with Gasteiger partial charge in [0.15, 0.2) is 0 Å². The molecule has 2 aromatic carbocycles. The van der Waals surface area contributed by atoms with E-state index >= 15 is 0 Å². The summed E-state index contributed by atoms with van der Waals surface area (Å²) in [6, 6.07) is 15.2. The third kappa shape index (κ3) is 5.12. The molecular weight excluding hydrogens is 527 g/mol. The minimum Gasteiger partial charge on any atom is -0.374 e. The Kier molecular flexibility index (Phi) is 9.27. The maximum Gasteiger partial charge on any atom is 0.0718 e. The summed E-state index contributed by atoms with van der Waals surface area (Å²) in [5, 5.41) is 3.48. The van der Waals surface area contributed by atoms with Crippen molar-refractivity contribution in [1.29, 1.82) is 0 Å². The van der Waals surface area contributed by atoms with Crippen LogP contribution in [0.25, 0.3) is 0 Å². The quantitative estimate of drug-likeness (QED) is 0.543. The van der Waals surface area contributed by atoms with Crippen LogP contribution in [0.1, 0.15) is 23.1 Å². The van der Waals surface area contributed by atoms with Crippen molar-refractivity contribution in [1.82, 2.24) is 10.2 Å². The predicted octanol–water partition coefficient (Wildman–Crippen LogP) is 5.32. The van der Waals surface area contributed by atoms with Crippen molar-refractivity contribution in [3.63, 3.8) is 0 Å². The van der Waals surface area contributed by atoms with Gasteiger partial charge in [0.25, 0.3) is 0 Å². The maximum absolute atomic E-state index is 6.32. The van der Waals surface area contributed by atoms with E-state index < -0.39 is 0 Å². The number of benzene rings is 2. The molecular formula is C21H26Br2Cl2N2O. The Morgan fingerprint density at radius 3 is 2.39 bits per heavy atom. The van der Waals surface area contributed by atoms with E-state index in [2.05, 4.69) is 84.5 Å². The molecule has 1 heterocycles. The smallest absolute Gasteiger partial charge is 0.0718 e. The average Bonchev–Trinajstić information content (AvgIpc) is 3.02. The van der Waals surface area contributed by atoms with Crippen LogP contribution in [0.15, 0.2) is 51.4 Å². The molecule has 3 nitrogen and oxygen atoms in total. The standard InChI is InChI=1S/C21H24Br2N2O.2ClH/c22-18-11-16(12-19(23)13-18)14-26-15-21(25-9-7-24-8-10-25)6-5-17-3-1-2-4-20(17)21;;/h1-4,11-13,24H,5-10,14-15H2;2*1H/t21-;;/m1../s1. The van der Waals surface area contributed by atoms with E-state index in [1.54, 1.807) is 0 Å². The van der Waals surface area contributed by atoms with E-state index in [0.29, 0.717) is 6.61 Å². The third-order valence-corrected chi connectivity index (χ3v) is 6.50. The Morgan fingerprint density at radius 2 is 1.68 bits per heavy atom. The van der Waals surface area contributed by atoms with Gasteiger partial charge < -0.3 is 10.1 Å². The van der Waals surface area contributed by atoms with E-state index in [-0.39, 0.29) is 30.4 Å². The molecule has 0 aromatic heterocycles. The lowest BCUT2D eigenvalue weighted by Gasteiger charge is -2.44. The largest absolute Gasteiger partial charge is 0.374 e. The number of hydrogen-bond acceptors (Lipinski definition) is 3. The lowest BCUT2D eigenvalue weighted by atomic mass is 9.89. The van der Waals surface area contributed by atoms with Crippen molar-refractivity contribution < 1.29 is 4.74 Å². The highest BCUT2D eigenvalue weighted by Gasteiger charge is 2.44. The SMILES string of the molecule is Brc1cc(Br)cc(COC[C@]2(N3CCNCC3)CCc3ccccc32)c1.Cl.Cl. The zero-order valence-corrected chi connectivity index (χ0v) is 20.4. The molecule has 0 radical (unpaired) electrons. The summed E-state index contributed by atoms with van der Waals surface area (Å²) in [6.45, 7) is 5.66. The molecule has 2 aromatic rings. The lowest BCUT2D eigenvalue weighted by molar-refractivity contribution is -0.0240. The Labute approximate surface area is 196 Å². The first-order chi connectivity index (χ1) is 12.7. The van der Waals surface area contributed by atoms with Gasteiger partial charge in [0.2, 0.25) is 0 Å². The van der Waals surface area contributed by atoms with Crippen LogP contribution in [0.2, 0.25) is 0 Å². The number of nitrogens with zero attached hydrogens (tertiary/aromatic N) is 1. The molecule has 0 spiro atoms. The van der Waals surface area contributed by atoms with E-state index in [9.17, 15) is 0 Å². The molecule has 1 fully saturated rings. The third-order valence-electron chi connectivity index (χ3n) is 5.58. The van der Waals surface area contributed by atoms with Crippen LogP contribution in [0.5, 0.6) is 0 Å². The van der Waals surface area contributed by atoms with Gasteiger partial charge in [-0.1, -0.05) is 56.1 Å². The maximum atomic E-state index is 6.32. The molecule has 4 rings (SSSR count). The highest BCUT2D eigenvalue weighted by molar-refractivity contribution is 9.11. The van der Waals surface area contributed by atoms with Gasteiger partial charge in [0.1, 0.15) is 0 Å². The summed E-state index contributed by atoms with van der Waals surface area (Å²) in [7, 11) is 0. The average molecular weight is 553 g/mol. The van der Waals surface area contributed by atoms with Crippen molar-refractivity contribution in [2.75, 3.05) is 32.8 Å². The zero-order valence-electron chi connectivity index (χ0n) is 15.6. The molecule has 2 aliphatic rings. The second kappa shape index (κ2) is 10.8. The van der Waals surface area contributed by atoms with E-state index in [4.69, 9.17) is 4.74 Å². The number of ether oxygens (including phenoxy) is 1. The van der Waals surface area contributed by atoms with Crippen LogP contribution in [-0.2, 0) is 23.3 Å². The minimum atomic E-state index is 0. The van der Waals surface area contributed by atoms with Crippen molar-refractivity contribution in [3.8, 4) is 0 Å². The molecule has 0 amide bonds. The molecule has 7 heteroatoms. The van der Waals surface area contributed by atoms with E-state index in [0.717, 1.165) is 54.6 Å². The molecule has 154 valence electrons. The molecule has 1 aliphatic carbocycles. The summed E-state index contributed by atoms with van der Waals surface area (Å²) in [4.78, 5) is 2.64. The van der Waals surface area contributed by atoms with Crippen molar-refractivity contribution in [2.45, 2.75) is 25.0 Å². The van der Waals surface area contributed by atoms with Gasteiger partial charge >= 0.3 is 0 Å². The van der Waals surface area contributed by atoms with Gasteiger partial charge in [0.05, 0.1) is 18.8 Å². The normalized spacial score (nSPS) is 21.5. The van der Waals surface area contributed by atoms with Gasteiger partial charge in [-0.05, 0) is 47.7 Å². The number of aryl methyl sites for hydroxylation is 1. The van der Waals surface area contributed by atoms with E-state index in [1.165, 1.54) is 16.7 Å². The van der Waals surface area contributed by atoms with Crippen molar-refractivity contribution >= 4 is 56.7 Å². The molecule has 1 atom stereocenters. The topological polar surface area (TPSA) is 24.5 Å². The predicted molar refractivity (Wildman–Crippen MR) is 127 cm³/mol. The van der Waals surface area contributed by atoms with Crippen LogP contribution in [0.3, 0.4) is 0 Å². The first kappa shape index (κ1) is 24.1. The Bertz CT molecular complexity index is 767. The first-order valence-electron chi connectivity index (χ1n) is 9.24. The summed E-state index contributed by atoms with van der Waals surface area (Å²) >= 11 is 7.13. The molecule has 0 saturated carbocycles. The fourth-order valence-corrected chi connectivity index (χ4v) is 5.75. The van der Waals surface area contributed by atoms with Gasteiger partial charge in [0, 0.05) is 35.1 Å². The van der Waals surface area contributed by atoms with Crippen molar-refractivity contribution in [3.05, 3.63) is 68.1 Å². The van der Waals surface area contributed by atoms with Gasteiger partial charge in [-0.3, -0.25) is 4.90 Å². The Hall–Kier alpha value is -0.140. The Balaban J connectivity index is 0.00000140. The summed E-state index contributed by atoms with van der Waals surface area (Å²) < 4.78 is 8.48. The van der Waals surface area contributed by atoms with Crippen LogP contribution in [-0.4, -0.2) is 37.7 Å². The second-order valence-electron chi connectivity index (χ2n) is 7.20. The van der Waals surface area contributed by atoms with Crippen LogP contribution < -0.4 is 5.32 Å². The number of nitrogens with one attached hydrogen (secondary N) is 1. The number of fused-ring (bicyclic) bond motifs is 1. The van der Waals surface area contributed by atoms with Crippen LogP contribution in [0.4, 0.5) is 0 Å². The van der Waals surface area contributed by atoms with E-state index in [1.807, 2.05) is 0 Å². The van der Waals surface area contributed by atoms with Crippen molar-refractivity contribution in [2.24, 2.45) is 0 Å². The lowest BCUT2D eigenvalue weighted by Crippen LogP contribution is -2.55. The molecule has 0 bridgehead atoms. The molecule has 28 heavy (non-hydrogen) atoms. The van der Waals surface area contributed by atoms with Crippen LogP contribution in [0, 0.1) is 0 Å². The highest BCUT2D eigenvalue weighted by Crippen LogP contribution is 2.42. The van der Waals surface area contributed by atoms with Gasteiger partial charge in [-0.25, -0.2) is 0 Å². The molecule has 1 saturated heterocycles. The number of hydrogen-bond donors (Lipinski definition) is 1. The fraction of sp³-hybridized carbons (Fsp3) is 0.429. The highest BCUT2D eigenvalue weighted by atomic mass is 79.9. The number of piperazine rings is 1. The Morgan fingerprint density at radius 1 is 1.00 bits per heavy atom. The minimum absolute atomic E-state index is 0. The molecule has 1 N–H and O–H groups in total. The number of halogens is 4. The second-order valence-corrected chi connectivity index (χ2v) is 9.03. The van der Waals surface area contributed by atoms with Gasteiger partial charge in [-0.2, -0.15) is 0 Å². The number of rotatable bonds is 5. The first-order valence-corrected chi connectivity index (χ1v) is 10.8. The summed E-state index contributed by atoms with van der Waals surface area (Å²) in [5.74, 6) is 0. The summed E-state index contributed by atoms with van der Waals surface area (Å²) in [5.41, 5.74) is 4.16. The molecule has 0 unspecified atom stereocenters. The van der Waals surface area contributed by atoms with Crippen LogP contribution >= 0.6 is 56.7 Å². The molecule has 1 aliphatic heterocycles. The van der Waals surface area contributed by atoms with Gasteiger partial charge in [-0.15, -0.1) is 24.8 Å². The fourth-order valence-electron chi connectivity index (χ4n) is 4.36. The summed E-state index contributed by atoms with van der Waals surface area (Å²) in [6.07, 6.45) is 2.29. The zero-order chi connectivity index (χ0) is 18.0.